The highest BCUT2D eigenvalue weighted by molar-refractivity contribution is 7.90. The summed E-state index contributed by atoms with van der Waals surface area (Å²) in [6.07, 6.45) is -0.107. The Bertz CT molecular complexity index is 2720. The van der Waals surface area contributed by atoms with Gasteiger partial charge in [0.05, 0.1) is 74.7 Å². The summed E-state index contributed by atoms with van der Waals surface area (Å²) in [7, 11) is 2.05. The van der Waals surface area contributed by atoms with Crippen LogP contribution in [0, 0.1) is 23.7 Å². The molecule has 0 spiro atoms. The fourth-order valence-electron chi connectivity index (χ4n) is 10.6. The van der Waals surface area contributed by atoms with Gasteiger partial charge in [0, 0.05) is 53.4 Å². The number of likely N-dealkylation sites (N-methyl/N-ethyl adjacent to an activating group) is 2. The number of amides is 8. The SMILES string of the molecule is CC[C@H](C)[C@@H]([C@@H](CC(=O)N1CCC[C@H]1[C@H](OC)[C@@H](C)C(=O)N[C@@H](Cc1ccccc1)C(=O)NS(=O)(=O)C1CC1)OC)N(C)C(=O)[C@@H](NC(=O)[C@H](C(C)C)N(C)C(=O)OCc1ccc(NC(=O)[C@H](C)NC(=O)CCOCCOCCC(=O)O)cc1)C(C)C. The molecule has 8 amide bonds. The molecule has 6 N–H and O–H groups in total. The van der Waals surface area contributed by atoms with Crippen molar-refractivity contribution in [1.82, 2.24) is 35.4 Å². The number of carbonyl (C=O) groups excluding carboxylic acids is 8. The number of aliphatic carboxylic acids is 1. The van der Waals surface area contributed by atoms with Crippen molar-refractivity contribution in [1.29, 1.82) is 0 Å². The molecule has 2 aromatic carbocycles. The Morgan fingerprint density at radius 2 is 1.34 bits per heavy atom. The van der Waals surface area contributed by atoms with Gasteiger partial charge in [-0.15, -0.1) is 0 Å². The lowest BCUT2D eigenvalue weighted by Crippen LogP contribution is -2.60. The van der Waals surface area contributed by atoms with Crippen LogP contribution in [0.15, 0.2) is 54.6 Å². The molecule has 0 aromatic heterocycles. The molecule has 1 saturated heterocycles. The molecule has 10 atom stereocenters. The molecule has 2 aromatic rings. The number of nitrogens with zero attached hydrogens (tertiary/aromatic N) is 3. The van der Waals surface area contributed by atoms with Gasteiger partial charge in [0.15, 0.2) is 0 Å². The lowest BCUT2D eigenvalue weighted by molar-refractivity contribution is -0.148. The number of sulfonamides is 1. The van der Waals surface area contributed by atoms with Gasteiger partial charge in [-0.3, -0.25) is 48.0 Å². The van der Waals surface area contributed by atoms with Crippen molar-refractivity contribution in [2.75, 3.05) is 66.6 Å². The van der Waals surface area contributed by atoms with Crippen LogP contribution in [0.25, 0.3) is 0 Å². The molecular formula is C61H94N8O17S. The summed E-state index contributed by atoms with van der Waals surface area (Å²) in [5, 5.41) is 19.0. The van der Waals surface area contributed by atoms with E-state index in [9.17, 15) is 51.6 Å². The van der Waals surface area contributed by atoms with Gasteiger partial charge >= 0.3 is 12.1 Å². The van der Waals surface area contributed by atoms with Crippen molar-refractivity contribution >= 4 is 69.1 Å². The lowest BCUT2D eigenvalue weighted by atomic mass is 9.89. The predicted molar refractivity (Wildman–Crippen MR) is 323 cm³/mol. The zero-order valence-electron chi connectivity index (χ0n) is 52.5. The van der Waals surface area contributed by atoms with Crippen LogP contribution in [0.3, 0.4) is 0 Å². The summed E-state index contributed by atoms with van der Waals surface area (Å²) >= 11 is 0. The molecule has 0 radical (unpaired) electrons. The predicted octanol–water partition coefficient (Wildman–Crippen LogP) is 4.02. The van der Waals surface area contributed by atoms with Crippen molar-refractivity contribution in [3.63, 3.8) is 0 Å². The van der Waals surface area contributed by atoms with Gasteiger partial charge < -0.3 is 59.9 Å². The van der Waals surface area contributed by atoms with E-state index in [2.05, 4.69) is 26.0 Å². The highest BCUT2D eigenvalue weighted by Gasteiger charge is 2.45. The van der Waals surface area contributed by atoms with Crippen LogP contribution in [0.2, 0.25) is 0 Å². The Hall–Kier alpha value is -6.74. The first-order valence-corrected chi connectivity index (χ1v) is 31.5. The smallest absolute Gasteiger partial charge is 0.410 e. The number of anilines is 1. The fourth-order valence-corrected chi connectivity index (χ4v) is 11.9. The van der Waals surface area contributed by atoms with Crippen LogP contribution in [0.1, 0.15) is 118 Å². The van der Waals surface area contributed by atoms with Crippen LogP contribution in [-0.4, -0.2) is 197 Å². The number of rotatable bonds is 37. The Labute approximate surface area is 512 Å². The number of methoxy groups -OCH3 is 2. The van der Waals surface area contributed by atoms with Gasteiger partial charge in [-0.1, -0.05) is 97.4 Å². The second-order valence-electron chi connectivity index (χ2n) is 23.2. The van der Waals surface area contributed by atoms with Gasteiger partial charge in [-0.25, -0.2) is 13.2 Å². The summed E-state index contributed by atoms with van der Waals surface area (Å²) in [6, 6.07) is 9.93. The Morgan fingerprint density at radius 3 is 1.91 bits per heavy atom. The molecule has 87 heavy (non-hydrogen) atoms. The average Bonchev–Trinajstić information content (AvgIpc) is 2.55. The van der Waals surface area contributed by atoms with Gasteiger partial charge in [-0.2, -0.15) is 0 Å². The molecule has 26 heteroatoms. The van der Waals surface area contributed by atoms with E-state index in [-0.39, 0.29) is 70.5 Å². The van der Waals surface area contributed by atoms with E-state index in [1.165, 1.54) is 38.0 Å². The average molecular weight is 1240 g/mol. The van der Waals surface area contributed by atoms with Crippen LogP contribution in [-0.2, 0) is 85.1 Å². The van der Waals surface area contributed by atoms with Crippen LogP contribution in [0.5, 0.6) is 0 Å². The molecule has 1 saturated carbocycles. The molecule has 25 nitrogen and oxygen atoms in total. The Kier molecular flexibility index (Phi) is 29.5. The standard InChI is InChI=1S/C61H94N8O17S/c1-13-39(6)54(48(82-11)35-50(71)69-29-17-20-47(69)55(83-12)40(7)56(74)64-46(34-42-18-15-14-16-19-42)58(76)66-87(80,81)45-25-26-45)67(9)60(78)52(37(2)3)65-59(77)53(38(4)5)68(10)61(79)86-36-43-21-23-44(24-22-43)63-57(75)41(8)62-49(70)27-30-84-32-33-85-31-28-51(72)73/h14-16,18-19,21-24,37-41,45-48,52-55H,13,17,20,25-36H2,1-12H3,(H,62,70)(H,63,75)(H,64,74)(H,65,77)(H,66,76)(H,72,73)/t39-,40+,41-,46-,47-,48+,52-,53-,54-,55+/m0/s1. The highest BCUT2D eigenvalue weighted by Crippen LogP contribution is 2.31. The topological polar surface area (TPSA) is 324 Å². The number of carbonyl (C=O) groups is 9. The molecule has 0 bridgehead atoms. The Morgan fingerprint density at radius 1 is 0.713 bits per heavy atom. The van der Waals surface area contributed by atoms with E-state index in [4.69, 9.17) is 28.8 Å². The monoisotopic (exact) mass is 1240 g/mol. The van der Waals surface area contributed by atoms with E-state index < -0.39 is 129 Å². The first-order chi connectivity index (χ1) is 41.1. The molecule has 1 heterocycles. The van der Waals surface area contributed by atoms with E-state index in [0.29, 0.717) is 55.5 Å². The quantitative estimate of drug-likeness (QED) is 0.0521. The van der Waals surface area contributed by atoms with Crippen molar-refractivity contribution in [2.45, 2.75) is 173 Å². The summed E-state index contributed by atoms with van der Waals surface area (Å²) < 4.78 is 55.9. The molecule has 2 fully saturated rings. The first kappa shape index (κ1) is 72.7. The van der Waals surface area contributed by atoms with Crippen LogP contribution >= 0.6 is 0 Å². The molecule has 486 valence electrons. The number of hydrogen-bond donors (Lipinski definition) is 6. The molecule has 0 unspecified atom stereocenters. The molecular weight excluding hydrogens is 1150 g/mol. The van der Waals surface area contributed by atoms with E-state index >= 15 is 0 Å². The second kappa shape index (κ2) is 35.3. The second-order valence-corrected chi connectivity index (χ2v) is 25.2. The van der Waals surface area contributed by atoms with Gasteiger partial charge in [0.1, 0.15) is 30.8 Å². The van der Waals surface area contributed by atoms with Gasteiger partial charge in [0.2, 0.25) is 45.5 Å². The highest BCUT2D eigenvalue weighted by atomic mass is 32.2. The number of ether oxygens (including phenoxy) is 5. The summed E-state index contributed by atoms with van der Waals surface area (Å²) in [4.78, 5) is 125. The van der Waals surface area contributed by atoms with Crippen molar-refractivity contribution in [2.24, 2.45) is 23.7 Å². The summed E-state index contributed by atoms with van der Waals surface area (Å²) in [6.45, 7) is 14.8. The maximum atomic E-state index is 14.8. The molecule has 1 aliphatic carbocycles. The zero-order valence-corrected chi connectivity index (χ0v) is 53.4. The van der Waals surface area contributed by atoms with Crippen molar-refractivity contribution in [3.05, 3.63) is 65.7 Å². The van der Waals surface area contributed by atoms with Gasteiger partial charge in [-0.05, 0) is 73.6 Å². The number of benzene rings is 2. The number of carboxylic acids is 1. The number of hydrogen-bond acceptors (Lipinski definition) is 16. The maximum Gasteiger partial charge on any atom is 0.410 e. The first-order valence-electron chi connectivity index (χ1n) is 29.9. The lowest BCUT2D eigenvalue weighted by Gasteiger charge is -2.41. The molecule has 1 aliphatic heterocycles. The van der Waals surface area contributed by atoms with E-state index in [1.807, 2.05) is 13.8 Å². The largest absolute Gasteiger partial charge is 0.481 e. The minimum atomic E-state index is -3.91. The zero-order chi connectivity index (χ0) is 64.7. The van der Waals surface area contributed by atoms with Crippen molar-refractivity contribution < 1.29 is 80.4 Å². The van der Waals surface area contributed by atoms with E-state index in [1.54, 1.807) is 101 Å². The third-order valence-electron chi connectivity index (χ3n) is 15.9. The molecule has 2 aliphatic rings. The third-order valence-corrected chi connectivity index (χ3v) is 17.7. The van der Waals surface area contributed by atoms with Crippen LogP contribution < -0.4 is 26.0 Å². The van der Waals surface area contributed by atoms with E-state index in [0.717, 1.165) is 0 Å². The summed E-state index contributed by atoms with van der Waals surface area (Å²) in [5.74, 6) is -6.56. The van der Waals surface area contributed by atoms with Crippen molar-refractivity contribution in [3.8, 4) is 0 Å². The molecule has 4 rings (SSSR count). The minimum absolute atomic E-state index is 0.00688. The Balaban J connectivity index is 1.36. The number of likely N-dealkylation sites (tertiary alicyclic amines) is 1. The van der Waals surface area contributed by atoms with Crippen LogP contribution in [0.4, 0.5) is 10.5 Å². The third kappa shape index (κ3) is 22.4. The normalized spacial score (nSPS) is 17.3. The maximum absolute atomic E-state index is 14.8. The summed E-state index contributed by atoms with van der Waals surface area (Å²) in [5.41, 5.74) is 1.69. The van der Waals surface area contributed by atoms with Gasteiger partial charge in [0.25, 0.3) is 5.91 Å². The fraction of sp³-hybridized carbons (Fsp3) is 0.656. The minimum Gasteiger partial charge on any atom is -0.481 e. The number of carboxylic acid groups (broad SMARTS) is 1. The number of nitrogens with one attached hydrogen (secondary N) is 5.